The Labute approximate surface area is 212 Å². The van der Waals surface area contributed by atoms with Crippen molar-refractivity contribution in [2.24, 2.45) is 11.7 Å². The number of hydrogen-bond acceptors (Lipinski definition) is 6. The number of carbonyl (C=O) groups is 2. The quantitative estimate of drug-likeness (QED) is 0.350. The molecule has 1 aromatic carbocycles. The van der Waals surface area contributed by atoms with Crippen LogP contribution in [0.5, 0.6) is 0 Å². The Bertz CT molecular complexity index is 1020. The van der Waals surface area contributed by atoms with E-state index in [1.807, 2.05) is 18.2 Å². The van der Waals surface area contributed by atoms with Gasteiger partial charge in [0.1, 0.15) is 30.7 Å². The van der Waals surface area contributed by atoms with Crippen LogP contribution in [0.1, 0.15) is 36.8 Å². The molecule has 0 radical (unpaired) electrons. The SMILES string of the molecule is N[C@@H](CNCc1ccnc(NC(=O)[C@@H](NC(=O)OCc2ccccc2)C2CCC(F)CC2)c1)C(F)(F)F. The third kappa shape index (κ3) is 9.29. The number of ether oxygens (including phenoxy) is 1. The Kier molecular flexibility index (Phi) is 10.2. The summed E-state index contributed by atoms with van der Waals surface area (Å²) >= 11 is 0. The number of amides is 2. The highest BCUT2D eigenvalue weighted by Crippen LogP contribution is 2.29. The van der Waals surface area contributed by atoms with Crippen molar-refractivity contribution in [2.45, 2.75) is 63.3 Å². The summed E-state index contributed by atoms with van der Waals surface area (Å²) in [6, 6.07) is 9.16. The van der Waals surface area contributed by atoms with Crippen molar-refractivity contribution in [3.63, 3.8) is 0 Å². The highest BCUT2D eigenvalue weighted by atomic mass is 19.4. The van der Waals surface area contributed by atoms with E-state index >= 15 is 0 Å². The summed E-state index contributed by atoms with van der Waals surface area (Å²) in [7, 11) is 0. The molecule has 12 heteroatoms. The van der Waals surface area contributed by atoms with Gasteiger partial charge in [0.05, 0.1) is 0 Å². The summed E-state index contributed by atoms with van der Waals surface area (Å²) in [5.74, 6) is -0.686. The number of hydrogen-bond donors (Lipinski definition) is 4. The van der Waals surface area contributed by atoms with Crippen LogP contribution >= 0.6 is 0 Å². The van der Waals surface area contributed by atoms with Crippen LogP contribution < -0.4 is 21.7 Å². The number of anilines is 1. The van der Waals surface area contributed by atoms with Gasteiger partial charge in [-0.2, -0.15) is 13.2 Å². The number of nitrogens with two attached hydrogens (primary N) is 1. The molecule has 1 fully saturated rings. The number of alkyl carbamates (subject to hydrolysis) is 1. The topological polar surface area (TPSA) is 118 Å². The summed E-state index contributed by atoms with van der Waals surface area (Å²) in [4.78, 5) is 29.7. The fourth-order valence-corrected chi connectivity index (χ4v) is 4.05. The molecule has 202 valence electrons. The van der Waals surface area contributed by atoms with E-state index in [0.717, 1.165) is 5.56 Å². The maximum atomic E-state index is 13.7. The van der Waals surface area contributed by atoms with E-state index < -0.39 is 43.0 Å². The van der Waals surface area contributed by atoms with Gasteiger partial charge in [0.25, 0.3) is 0 Å². The Morgan fingerprint density at radius 2 is 1.78 bits per heavy atom. The summed E-state index contributed by atoms with van der Waals surface area (Å²) in [5.41, 5.74) is 6.45. The number of benzene rings is 1. The molecule has 2 atom stereocenters. The van der Waals surface area contributed by atoms with Gasteiger partial charge < -0.3 is 26.4 Å². The van der Waals surface area contributed by atoms with Gasteiger partial charge in [-0.05, 0) is 54.9 Å². The van der Waals surface area contributed by atoms with Crippen LogP contribution in [0.3, 0.4) is 0 Å². The molecule has 37 heavy (non-hydrogen) atoms. The third-order valence-electron chi connectivity index (χ3n) is 6.13. The van der Waals surface area contributed by atoms with Crippen LogP contribution in [0.15, 0.2) is 48.7 Å². The molecule has 0 spiro atoms. The molecule has 0 aliphatic heterocycles. The van der Waals surface area contributed by atoms with Gasteiger partial charge >= 0.3 is 12.3 Å². The molecule has 1 aliphatic carbocycles. The zero-order valence-corrected chi connectivity index (χ0v) is 20.1. The molecule has 1 heterocycles. The van der Waals surface area contributed by atoms with E-state index in [4.69, 9.17) is 10.5 Å². The van der Waals surface area contributed by atoms with E-state index in [9.17, 15) is 27.2 Å². The van der Waals surface area contributed by atoms with Gasteiger partial charge in [0.15, 0.2) is 0 Å². The Morgan fingerprint density at radius 1 is 1.08 bits per heavy atom. The molecule has 2 amide bonds. The predicted octanol–water partition coefficient (Wildman–Crippen LogP) is 3.82. The lowest BCUT2D eigenvalue weighted by molar-refractivity contribution is -0.146. The zero-order chi connectivity index (χ0) is 26.8. The number of rotatable bonds is 10. The fraction of sp³-hybridized carbons (Fsp3) is 0.480. The summed E-state index contributed by atoms with van der Waals surface area (Å²) < 4.78 is 56.7. The van der Waals surface area contributed by atoms with Crippen LogP contribution in [0.2, 0.25) is 0 Å². The number of nitrogens with zero attached hydrogens (tertiary/aromatic N) is 1. The lowest BCUT2D eigenvalue weighted by Crippen LogP contribution is -2.49. The highest BCUT2D eigenvalue weighted by Gasteiger charge is 2.36. The van der Waals surface area contributed by atoms with Gasteiger partial charge in [0, 0.05) is 19.3 Å². The molecule has 8 nitrogen and oxygen atoms in total. The van der Waals surface area contributed by atoms with Crippen LogP contribution in [-0.2, 0) is 22.7 Å². The van der Waals surface area contributed by atoms with Gasteiger partial charge in [-0.15, -0.1) is 0 Å². The molecule has 1 saturated carbocycles. The van der Waals surface area contributed by atoms with Crippen LogP contribution in [-0.4, -0.2) is 48.0 Å². The first kappa shape index (κ1) is 28.3. The molecule has 3 rings (SSSR count). The fourth-order valence-electron chi connectivity index (χ4n) is 4.05. The molecule has 0 unspecified atom stereocenters. The molecular weight excluding hydrogens is 494 g/mol. The number of carbonyl (C=O) groups excluding carboxylic acids is 2. The Morgan fingerprint density at radius 3 is 2.46 bits per heavy atom. The van der Waals surface area contributed by atoms with Gasteiger partial charge in [-0.3, -0.25) is 4.79 Å². The molecule has 2 aromatic rings. The van der Waals surface area contributed by atoms with E-state index in [0.29, 0.717) is 18.4 Å². The van der Waals surface area contributed by atoms with Gasteiger partial charge in [-0.25, -0.2) is 14.2 Å². The number of halogens is 4. The standard InChI is InChI=1S/C25H31F4N5O3/c26-19-8-6-18(7-9-19)22(34-24(36)37-15-16-4-2-1-3-5-16)23(35)33-21-12-17(10-11-32-21)13-31-14-20(30)25(27,28)29/h1-5,10-12,18-20,22,31H,6-9,13-15,30H2,(H,34,36)(H,32,33,35)/t18?,19?,20-,22-/m0/s1. The van der Waals surface area contributed by atoms with E-state index in [-0.39, 0.29) is 37.7 Å². The second kappa shape index (κ2) is 13.3. The maximum Gasteiger partial charge on any atom is 0.408 e. The van der Waals surface area contributed by atoms with Crippen molar-refractivity contribution in [3.05, 3.63) is 59.8 Å². The first-order chi connectivity index (χ1) is 17.6. The third-order valence-corrected chi connectivity index (χ3v) is 6.13. The average Bonchev–Trinajstić information content (AvgIpc) is 2.87. The summed E-state index contributed by atoms with van der Waals surface area (Å²) in [5, 5.41) is 7.88. The number of alkyl halides is 4. The van der Waals surface area contributed by atoms with Crippen molar-refractivity contribution in [1.29, 1.82) is 0 Å². The summed E-state index contributed by atoms with van der Waals surface area (Å²) in [6.07, 6.45) is -3.43. The van der Waals surface area contributed by atoms with Crippen molar-refractivity contribution in [2.75, 3.05) is 11.9 Å². The average molecular weight is 526 g/mol. The first-order valence-corrected chi connectivity index (χ1v) is 12.0. The zero-order valence-electron chi connectivity index (χ0n) is 20.1. The Balaban J connectivity index is 1.61. The normalized spacial score (nSPS) is 19.5. The van der Waals surface area contributed by atoms with Crippen molar-refractivity contribution in [1.82, 2.24) is 15.6 Å². The number of aromatic nitrogens is 1. The monoisotopic (exact) mass is 525 g/mol. The lowest BCUT2D eigenvalue weighted by Gasteiger charge is -2.31. The second-order valence-electron chi connectivity index (χ2n) is 9.01. The van der Waals surface area contributed by atoms with Crippen LogP contribution in [0.25, 0.3) is 0 Å². The van der Waals surface area contributed by atoms with Crippen molar-refractivity contribution in [3.8, 4) is 0 Å². The number of nitrogens with one attached hydrogen (secondary N) is 3. The maximum absolute atomic E-state index is 13.7. The second-order valence-corrected chi connectivity index (χ2v) is 9.01. The minimum Gasteiger partial charge on any atom is -0.445 e. The molecule has 0 bridgehead atoms. The minimum absolute atomic E-state index is 0.0207. The van der Waals surface area contributed by atoms with Crippen molar-refractivity contribution < 1.29 is 31.9 Å². The van der Waals surface area contributed by atoms with Crippen LogP contribution in [0, 0.1) is 5.92 Å². The smallest absolute Gasteiger partial charge is 0.408 e. The van der Waals surface area contributed by atoms with Crippen LogP contribution in [0.4, 0.5) is 28.2 Å². The minimum atomic E-state index is -4.50. The molecule has 1 aliphatic rings. The molecule has 0 saturated heterocycles. The molecular formula is C25H31F4N5O3. The van der Waals surface area contributed by atoms with E-state index in [1.54, 1.807) is 18.2 Å². The van der Waals surface area contributed by atoms with Crippen molar-refractivity contribution >= 4 is 17.8 Å². The number of pyridine rings is 1. The van der Waals surface area contributed by atoms with Gasteiger partial charge in [-0.1, -0.05) is 30.3 Å². The largest absolute Gasteiger partial charge is 0.445 e. The van der Waals surface area contributed by atoms with Gasteiger partial charge in [0.2, 0.25) is 5.91 Å². The Hall–Kier alpha value is -3.25. The van der Waals surface area contributed by atoms with E-state index in [1.165, 1.54) is 12.3 Å². The first-order valence-electron chi connectivity index (χ1n) is 12.0. The lowest BCUT2D eigenvalue weighted by atomic mass is 9.82. The highest BCUT2D eigenvalue weighted by molar-refractivity contribution is 5.96. The molecule has 5 N–H and O–H groups in total. The predicted molar refractivity (Wildman–Crippen MR) is 129 cm³/mol. The molecule has 1 aromatic heterocycles. The van der Waals surface area contributed by atoms with E-state index in [2.05, 4.69) is 20.9 Å². The summed E-state index contributed by atoms with van der Waals surface area (Å²) in [6.45, 7) is -0.377.